The number of hydrogen-bond acceptors (Lipinski definition) is 7. The van der Waals surface area contributed by atoms with Gasteiger partial charge in [-0.15, -0.1) is 0 Å². The second-order valence-corrected chi connectivity index (χ2v) is 10.2. The summed E-state index contributed by atoms with van der Waals surface area (Å²) in [4.78, 5) is 47.5. The molecule has 3 atom stereocenters. The highest BCUT2D eigenvalue weighted by molar-refractivity contribution is 8.00. The molecule has 14 heteroatoms. The Bertz CT molecular complexity index is 758. The van der Waals surface area contributed by atoms with Gasteiger partial charge in [-0.25, -0.2) is 9.59 Å². The Kier molecular flexibility index (Phi) is 12.6. The molecule has 4 amide bonds. The first-order chi connectivity index (χ1) is 17.1. The molecule has 10 nitrogen and oxygen atoms in total. The number of esters is 1. The predicted octanol–water partition coefficient (Wildman–Crippen LogP) is 1.50. The molecule has 0 saturated carbocycles. The molecule has 2 aliphatic rings. The van der Waals surface area contributed by atoms with Crippen LogP contribution in [-0.4, -0.2) is 91.4 Å². The van der Waals surface area contributed by atoms with E-state index in [-0.39, 0.29) is 43.0 Å². The summed E-state index contributed by atoms with van der Waals surface area (Å²) in [5, 5.41) is 11.7. The summed E-state index contributed by atoms with van der Waals surface area (Å²) >= 11 is 1.87. The maximum absolute atomic E-state index is 12.1. The lowest BCUT2D eigenvalue weighted by molar-refractivity contribution is -0.200. The largest absolute Gasteiger partial charge is 0.490 e. The van der Waals surface area contributed by atoms with E-state index in [2.05, 4.69) is 26.0 Å². The predicted molar refractivity (Wildman–Crippen MR) is 128 cm³/mol. The summed E-state index contributed by atoms with van der Waals surface area (Å²) in [5.74, 6) is -1.40. The fourth-order valence-electron chi connectivity index (χ4n) is 4.00. The molecular formula is C22H36F3N5O5S. The van der Waals surface area contributed by atoms with Crippen molar-refractivity contribution in [3.63, 3.8) is 0 Å². The number of carbonyl (C=O) groups is 4. The average molecular weight is 540 g/mol. The van der Waals surface area contributed by atoms with Gasteiger partial charge in [-0.3, -0.25) is 14.9 Å². The van der Waals surface area contributed by atoms with Gasteiger partial charge in [0.05, 0.1) is 12.1 Å². The SMILES string of the molecule is CN(CCNCOC(=O)C(F)(F)F)C(=O)CCCCCNC(=O)CCCCC1SCC2NC(=O)NC21. The van der Waals surface area contributed by atoms with Crippen molar-refractivity contribution in [3.8, 4) is 0 Å². The summed E-state index contributed by atoms with van der Waals surface area (Å²) in [6.07, 6.45) is 0.734. The van der Waals surface area contributed by atoms with Crippen LogP contribution in [0, 0.1) is 0 Å². The number of halogens is 3. The summed E-state index contributed by atoms with van der Waals surface area (Å²) in [6, 6.07) is 0.323. The number of amides is 4. The van der Waals surface area contributed by atoms with Gasteiger partial charge in [0.2, 0.25) is 11.8 Å². The van der Waals surface area contributed by atoms with Crippen LogP contribution in [0.4, 0.5) is 18.0 Å². The van der Waals surface area contributed by atoms with Gasteiger partial charge < -0.3 is 25.6 Å². The summed E-state index contributed by atoms with van der Waals surface area (Å²) in [6.45, 7) is 0.436. The van der Waals surface area contributed by atoms with Crippen LogP contribution < -0.4 is 21.3 Å². The Morgan fingerprint density at radius 1 is 1.08 bits per heavy atom. The van der Waals surface area contributed by atoms with Crippen LogP contribution in [-0.2, 0) is 19.1 Å². The maximum Gasteiger partial charge on any atom is 0.490 e. The number of ether oxygens (including phenoxy) is 1. The molecule has 0 aromatic heterocycles. The number of urea groups is 1. The third-order valence-corrected chi connectivity index (χ3v) is 7.57. The molecule has 2 fully saturated rings. The quantitative estimate of drug-likeness (QED) is 0.101. The number of rotatable bonds is 16. The number of nitrogens with zero attached hydrogens (tertiary/aromatic N) is 1. The van der Waals surface area contributed by atoms with Gasteiger partial charge in [0, 0.05) is 50.5 Å². The molecule has 4 N–H and O–H groups in total. The minimum atomic E-state index is -5.02. The molecule has 0 aromatic rings. The molecular weight excluding hydrogens is 503 g/mol. The Morgan fingerprint density at radius 3 is 2.58 bits per heavy atom. The normalized spacial score (nSPS) is 20.9. The standard InChI is InChI=1S/C22H36F3N5O5S/c1-30(12-11-26-14-35-20(33)22(23,24)25)18(32)9-3-2-6-10-27-17(31)8-5-4-7-16-19-15(13-36-16)28-21(34)29-19/h15-16,19,26H,2-14H2,1H3,(H,27,31)(H2,28,29,34). The molecule has 0 aliphatic carbocycles. The Hall–Kier alpha value is -2.22. The highest BCUT2D eigenvalue weighted by Gasteiger charge is 2.42. The van der Waals surface area contributed by atoms with E-state index in [1.54, 1.807) is 7.05 Å². The van der Waals surface area contributed by atoms with Crippen molar-refractivity contribution in [1.82, 2.24) is 26.2 Å². The van der Waals surface area contributed by atoms with Crippen LogP contribution in [0.3, 0.4) is 0 Å². The van der Waals surface area contributed by atoms with Crippen LogP contribution in [0.1, 0.15) is 51.4 Å². The lowest BCUT2D eigenvalue weighted by Crippen LogP contribution is -2.36. The Balaban J connectivity index is 1.39. The molecule has 2 rings (SSSR count). The molecule has 2 heterocycles. The van der Waals surface area contributed by atoms with Gasteiger partial charge >= 0.3 is 18.2 Å². The van der Waals surface area contributed by atoms with Crippen LogP contribution in [0.2, 0.25) is 0 Å². The molecule has 0 aromatic carbocycles. The molecule has 206 valence electrons. The number of unbranched alkanes of at least 4 members (excludes halogenated alkanes) is 3. The van der Waals surface area contributed by atoms with Crippen LogP contribution in [0.15, 0.2) is 0 Å². The van der Waals surface area contributed by atoms with E-state index >= 15 is 0 Å². The lowest BCUT2D eigenvalue weighted by Gasteiger charge is -2.17. The van der Waals surface area contributed by atoms with Gasteiger partial charge in [-0.05, 0) is 25.7 Å². The second kappa shape index (κ2) is 15.1. The molecule has 36 heavy (non-hydrogen) atoms. The van der Waals surface area contributed by atoms with E-state index in [1.165, 1.54) is 4.90 Å². The Morgan fingerprint density at radius 2 is 1.83 bits per heavy atom. The number of carbonyl (C=O) groups excluding carboxylic acids is 4. The number of fused-ring (bicyclic) bond motifs is 1. The molecule has 0 spiro atoms. The third-order valence-electron chi connectivity index (χ3n) is 6.06. The van der Waals surface area contributed by atoms with Crippen molar-refractivity contribution in [3.05, 3.63) is 0 Å². The molecule has 0 radical (unpaired) electrons. The number of thioether (sulfide) groups is 1. The fraction of sp³-hybridized carbons (Fsp3) is 0.818. The van der Waals surface area contributed by atoms with E-state index in [0.29, 0.717) is 31.1 Å². The number of hydrogen-bond donors (Lipinski definition) is 4. The monoisotopic (exact) mass is 539 g/mol. The van der Waals surface area contributed by atoms with E-state index in [9.17, 15) is 32.3 Å². The van der Waals surface area contributed by atoms with Crippen molar-refractivity contribution < 1.29 is 37.1 Å². The highest BCUT2D eigenvalue weighted by Crippen LogP contribution is 2.33. The minimum Gasteiger partial charge on any atom is -0.443 e. The zero-order chi connectivity index (χ0) is 26.6. The topological polar surface area (TPSA) is 129 Å². The highest BCUT2D eigenvalue weighted by atomic mass is 32.2. The van der Waals surface area contributed by atoms with Gasteiger partial charge in [0.25, 0.3) is 0 Å². The molecule has 2 aliphatic heterocycles. The van der Waals surface area contributed by atoms with Gasteiger partial charge in [-0.1, -0.05) is 12.8 Å². The van der Waals surface area contributed by atoms with E-state index < -0.39 is 18.9 Å². The smallest absolute Gasteiger partial charge is 0.443 e. The van der Waals surface area contributed by atoms with Crippen molar-refractivity contribution in [2.75, 3.05) is 39.2 Å². The first kappa shape index (κ1) is 30.0. The van der Waals surface area contributed by atoms with Gasteiger partial charge in [-0.2, -0.15) is 24.9 Å². The van der Waals surface area contributed by atoms with Gasteiger partial charge in [0.1, 0.15) is 6.73 Å². The number of alkyl halides is 3. The zero-order valence-electron chi connectivity index (χ0n) is 20.5. The van der Waals surface area contributed by atoms with Crippen molar-refractivity contribution in [2.45, 2.75) is 74.9 Å². The van der Waals surface area contributed by atoms with Crippen LogP contribution in [0.5, 0.6) is 0 Å². The number of likely N-dealkylation sites (N-methyl/N-ethyl adjacent to an activating group) is 1. The third kappa shape index (κ3) is 10.8. The van der Waals surface area contributed by atoms with Crippen molar-refractivity contribution in [2.24, 2.45) is 0 Å². The summed E-state index contributed by atoms with van der Waals surface area (Å²) < 4.78 is 40.0. The summed E-state index contributed by atoms with van der Waals surface area (Å²) in [7, 11) is 1.59. The van der Waals surface area contributed by atoms with Gasteiger partial charge in [0.15, 0.2) is 0 Å². The van der Waals surface area contributed by atoms with E-state index in [4.69, 9.17) is 0 Å². The van der Waals surface area contributed by atoms with Crippen molar-refractivity contribution >= 4 is 35.6 Å². The fourth-order valence-corrected chi connectivity index (χ4v) is 5.54. The van der Waals surface area contributed by atoms with Crippen LogP contribution >= 0.6 is 11.8 Å². The minimum absolute atomic E-state index is 0.0204. The zero-order valence-corrected chi connectivity index (χ0v) is 21.3. The van der Waals surface area contributed by atoms with E-state index in [0.717, 1.165) is 37.9 Å². The van der Waals surface area contributed by atoms with Crippen LogP contribution in [0.25, 0.3) is 0 Å². The summed E-state index contributed by atoms with van der Waals surface area (Å²) in [5.41, 5.74) is 0. The molecule has 0 bridgehead atoms. The molecule has 2 saturated heterocycles. The number of nitrogens with one attached hydrogen (secondary N) is 4. The molecule has 3 unspecified atom stereocenters. The maximum atomic E-state index is 12.1. The lowest BCUT2D eigenvalue weighted by atomic mass is 10.0. The van der Waals surface area contributed by atoms with E-state index in [1.807, 2.05) is 11.8 Å². The average Bonchev–Trinajstić information content (AvgIpc) is 3.36. The second-order valence-electron chi connectivity index (χ2n) is 8.92. The Labute approximate surface area is 213 Å². The first-order valence-corrected chi connectivity index (χ1v) is 13.3. The first-order valence-electron chi connectivity index (χ1n) is 12.2. The van der Waals surface area contributed by atoms with Crippen molar-refractivity contribution in [1.29, 1.82) is 0 Å².